The summed E-state index contributed by atoms with van der Waals surface area (Å²) in [5.41, 5.74) is 5.45. The molecule has 0 aromatic heterocycles. The minimum atomic E-state index is -0.795. The van der Waals surface area contributed by atoms with E-state index in [4.69, 9.17) is 5.73 Å². The molecule has 0 aliphatic carbocycles. The number of aliphatic hydroxyl groups is 1. The van der Waals surface area contributed by atoms with Gasteiger partial charge in [0, 0.05) is 30.8 Å². The standard InChI is InChI=1S/C18H35N3O3/c1-11(2)18(24)15(8-7-9-20-14(6)19)10-16(23)17(13(5)22)21-12(3)4/h11-13,15,17,20-22H,6-10,19H2,1-5H3/t13?,15-,17+/m1/s1. The molecule has 0 saturated heterocycles. The third kappa shape index (κ3) is 9.03. The van der Waals surface area contributed by atoms with Crippen molar-refractivity contribution in [2.24, 2.45) is 17.6 Å². The number of ketones is 2. The minimum Gasteiger partial charge on any atom is -0.391 e. The molecule has 24 heavy (non-hydrogen) atoms. The first kappa shape index (κ1) is 22.6. The third-order valence-corrected chi connectivity index (χ3v) is 3.84. The average molecular weight is 341 g/mol. The summed E-state index contributed by atoms with van der Waals surface area (Å²) >= 11 is 0. The van der Waals surface area contributed by atoms with E-state index in [1.807, 2.05) is 27.7 Å². The van der Waals surface area contributed by atoms with Gasteiger partial charge < -0.3 is 21.5 Å². The van der Waals surface area contributed by atoms with Gasteiger partial charge in [-0.25, -0.2) is 0 Å². The van der Waals surface area contributed by atoms with Crippen molar-refractivity contribution >= 4 is 11.6 Å². The maximum Gasteiger partial charge on any atom is 0.153 e. The van der Waals surface area contributed by atoms with Gasteiger partial charge in [-0.15, -0.1) is 0 Å². The summed E-state index contributed by atoms with van der Waals surface area (Å²) in [6.07, 6.45) is 0.688. The summed E-state index contributed by atoms with van der Waals surface area (Å²) in [4.78, 5) is 25.0. The fourth-order valence-corrected chi connectivity index (χ4v) is 2.64. The number of aliphatic hydroxyl groups excluding tert-OH is 1. The van der Waals surface area contributed by atoms with Crippen molar-refractivity contribution in [1.29, 1.82) is 0 Å². The van der Waals surface area contributed by atoms with Crippen LogP contribution in [0.1, 0.15) is 53.9 Å². The Kier molecular flexibility index (Phi) is 10.6. The van der Waals surface area contributed by atoms with Crippen LogP contribution in [0.3, 0.4) is 0 Å². The van der Waals surface area contributed by atoms with Gasteiger partial charge in [0.25, 0.3) is 0 Å². The maximum absolute atomic E-state index is 12.6. The van der Waals surface area contributed by atoms with Crippen LogP contribution in [0.25, 0.3) is 0 Å². The first-order valence-corrected chi connectivity index (χ1v) is 8.75. The highest BCUT2D eigenvalue weighted by Crippen LogP contribution is 2.19. The van der Waals surface area contributed by atoms with Gasteiger partial charge in [0.15, 0.2) is 5.78 Å². The van der Waals surface area contributed by atoms with Crippen LogP contribution in [0.15, 0.2) is 12.4 Å². The molecule has 0 saturated carbocycles. The van der Waals surface area contributed by atoms with Crippen LogP contribution in [0.4, 0.5) is 0 Å². The molecule has 0 spiro atoms. The van der Waals surface area contributed by atoms with Crippen molar-refractivity contribution in [3.05, 3.63) is 12.4 Å². The van der Waals surface area contributed by atoms with E-state index in [9.17, 15) is 14.7 Å². The first-order chi connectivity index (χ1) is 11.1. The topological polar surface area (TPSA) is 104 Å². The summed E-state index contributed by atoms with van der Waals surface area (Å²) < 4.78 is 0. The molecule has 0 aliphatic rings. The predicted octanol–water partition coefficient (Wildman–Crippen LogP) is 1.33. The monoisotopic (exact) mass is 341 g/mol. The van der Waals surface area contributed by atoms with Gasteiger partial charge in [0.2, 0.25) is 0 Å². The lowest BCUT2D eigenvalue weighted by atomic mass is 9.85. The van der Waals surface area contributed by atoms with Crippen LogP contribution in [-0.4, -0.2) is 41.4 Å². The number of nitrogens with one attached hydrogen (secondary N) is 2. The maximum atomic E-state index is 12.6. The highest BCUT2D eigenvalue weighted by Gasteiger charge is 2.29. The van der Waals surface area contributed by atoms with Crippen LogP contribution in [0.5, 0.6) is 0 Å². The lowest BCUT2D eigenvalue weighted by molar-refractivity contribution is -0.132. The average Bonchev–Trinajstić information content (AvgIpc) is 2.45. The van der Waals surface area contributed by atoms with E-state index < -0.39 is 12.1 Å². The minimum absolute atomic E-state index is 0.0765. The van der Waals surface area contributed by atoms with E-state index in [1.54, 1.807) is 6.92 Å². The summed E-state index contributed by atoms with van der Waals surface area (Å²) in [5.74, 6) is -0.0883. The van der Waals surface area contributed by atoms with Gasteiger partial charge in [-0.1, -0.05) is 34.3 Å². The molecule has 0 aromatic carbocycles. The van der Waals surface area contributed by atoms with Gasteiger partial charge in [-0.2, -0.15) is 0 Å². The van der Waals surface area contributed by atoms with Crippen molar-refractivity contribution in [1.82, 2.24) is 10.6 Å². The Morgan fingerprint density at radius 2 is 1.75 bits per heavy atom. The van der Waals surface area contributed by atoms with Crippen molar-refractivity contribution in [2.75, 3.05) is 6.54 Å². The zero-order chi connectivity index (χ0) is 18.9. The zero-order valence-electron chi connectivity index (χ0n) is 15.8. The molecule has 0 rings (SSSR count). The summed E-state index contributed by atoms with van der Waals surface area (Å²) in [6, 6.07) is -0.568. The molecule has 1 unspecified atom stereocenters. The lowest BCUT2D eigenvalue weighted by Crippen LogP contribution is -2.48. The fraction of sp³-hybridized carbons (Fsp3) is 0.778. The van der Waals surface area contributed by atoms with Crippen LogP contribution in [0, 0.1) is 11.8 Å². The smallest absolute Gasteiger partial charge is 0.153 e. The Morgan fingerprint density at radius 1 is 1.17 bits per heavy atom. The molecule has 5 N–H and O–H groups in total. The molecule has 0 aliphatic heterocycles. The van der Waals surface area contributed by atoms with Gasteiger partial charge in [-0.05, 0) is 19.8 Å². The van der Waals surface area contributed by atoms with Crippen molar-refractivity contribution in [2.45, 2.75) is 72.1 Å². The molecule has 0 radical (unpaired) electrons. The molecule has 0 heterocycles. The second-order valence-corrected chi connectivity index (χ2v) is 7.06. The third-order valence-electron chi connectivity index (χ3n) is 3.84. The van der Waals surface area contributed by atoms with E-state index in [1.165, 1.54) is 0 Å². The van der Waals surface area contributed by atoms with Crippen molar-refractivity contribution < 1.29 is 14.7 Å². The van der Waals surface area contributed by atoms with Gasteiger partial charge in [0.1, 0.15) is 5.78 Å². The van der Waals surface area contributed by atoms with E-state index in [2.05, 4.69) is 17.2 Å². The lowest BCUT2D eigenvalue weighted by Gasteiger charge is -2.25. The molecular weight excluding hydrogens is 306 g/mol. The number of nitrogens with two attached hydrogens (primary N) is 1. The summed E-state index contributed by atoms with van der Waals surface area (Å²) in [7, 11) is 0. The highest BCUT2D eigenvalue weighted by molar-refractivity contribution is 5.91. The van der Waals surface area contributed by atoms with E-state index in [0.29, 0.717) is 18.8 Å². The van der Waals surface area contributed by atoms with Crippen LogP contribution in [-0.2, 0) is 9.59 Å². The Morgan fingerprint density at radius 3 is 2.17 bits per heavy atom. The summed E-state index contributed by atoms with van der Waals surface area (Å²) in [6.45, 7) is 13.3. The van der Waals surface area contributed by atoms with Gasteiger partial charge in [0.05, 0.1) is 18.0 Å². The van der Waals surface area contributed by atoms with Crippen molar-refractivity contribution in [3.8, 4) is 0 Å². The number of carbonyl (C=O) groups excluding carboxylic acids is 2. The Balaban J connectivity index is 4.85. The second kappa shape index (κ2) is 11.2. The molecule has 0 bridgehead atoms. The SMILES string of the molecule is C=C(N)NCCC[C@H](CC(=O)[C@@H](NC(C)C)C(C)O)C(=O)C(C)C. The van der Waals surface area contributed by atoms with Crippen LogP contribution < -0.4 is 16.4 Å². The second-order valence-electron chi connectivity index (χ2n) is 7.06. The van der Waals surface area contributed by atoms with E-state index in [-0.39, 0.29) is 35.9 Å². The largest absolute Gasteiger partial charge is 0.391 e. The summed E-state index contributed by atoms with van der Waals surface area (Å²) in [5, 5.41) is 15.9. The Labute approximate surface area is 146 Å². The molecule has 140 valence electrons. The molecule has 0 fully saturated rings. The first-order valence-electron chi connectivity index (χ1n) is 8.75. The predicted molar refractivity (Wildman–Crippen MR) is 97.3 cm³/mol. The van der Waals surface area contributed by atoms with Crippen molar-refractivity contribution in [3.63, 3.8) is 0 Å². The number of hydrogen-bond acceptors (Lipinski definition) is 6. The Bertz CT molecular complexity index is 420. The molecule has 6 heteroatoms. The molecule has 0 amide bonds. The zero-order valence-corrected chi connectivity index (χ0v) is 15.8. The number of Topliss-reactive ketones (excluding diaryl/α,β-unsaturated/α-hetero) is 2. The Hall–Kier alpha value is -1.40. The number of rotatable bonds is 13. The van der Waals surface area contributed by atoms with E-state index >= 15 is 0 Å². The number of hydrogen-bond donors (Lipinski definition) is 4. The molecular formula is C18H35N3O3. The normalized spacial score (nSPS) is 15.2. The van der Waals surface area contributed by atoms with Gasteiger partial charge >= 0.3 is 0 Å². The molecule has 3 atom stereocenters. The van der Waals surface area contributed by atoms with Crippen LogP contribution >= 0.6 is 0 Å². The van der Waals surface area contributed by atoms with E-state index in [0.717, 1.165) is 6.42 Å². The molecule has 0 aromatic rings. The van der Waals surface area contributed by atoms with Gasteiger partial charge in [-0.3, -0.25) is 9.59 Å². The van der Waals surface area contributed by atoms with Crippen LogP contribution in [0.2, 0.25) is 0 Å². The number of carbonyl (C=O) groups is 2. The fourth-order valence-electron chi connectivity index (χ4n) is 2.64. The molecule has 6 nitrogen and oxygen atoms in total. The quantitative estimate of drug-likeness (QED) is 0.377. The highest BCUT2D eigenvalue weighted by atomic mass is 16.3.